The van der Waals surface area contributed by atoms with Gasteiger partial charge in [0.05, 0.1) is 6.61 Å². The summed E-state index contributed by atoms with van der Waals surface area (Å²) in [6.07, 6.45) is 0.270. The molecule has 0 aliphatic carbocycles. The van der Waals surface area contributed by atoms with Crippen LogP contribution in [0.5, 0.6) is 11.5 Å². The molecule has 0 atom stereocenters. The summed E-state index contributed by atoms with van der Waals surface area (Å²) >= 11 is 11.8. The van der Waals surface area contributed by atoms with Crippen LogP contribution in [0.25, 0.3) is 0 Å². The normalized spacial score (nSPS) is 10.7. The highest BCUT2D eigenvalue weighted by atomic mass is 35.5. The number of rotatable bonds is 3. The van der Waals surface area contributed by atoms with Crippen molar-refractivity contribution in [2.45, 2.75) is 13.0 Å². The van der Waals surface area contributed by atoms with Crippen molar-refractivity contribution in [3.63, 3.8) is 0 Å². The van der Waals surface area contributed by atoms with Crippen molar-refractivity contribution in [3.8, 4) is 11.5 Å². The van der Waals surface area contributed by atoms with Gasteiger partial charge in [-0.2, -0.15) is 0 Å². The zero-order chi connectivity index (χ0) is 14.0. The lowest BCUT2D eigenvalue weighted by atomic mass is 10.0. The SMILES string of the molecule is OCc1cc(Cl)cc(Cc2cc(Cl)ccc2O)c1O. The minimum atomic E-state index is -0.305. The van der Waals surface area contributed by atoms with Crippen LogP contribution in [0.2, 0.25) is 10.0 Å². The molecule has 2 aromatic carbocycles. The van der Waals surface area contributed by atoms with Crippen LogP contribution < -0.4 is 0 Å². The first-order valence-electron chi connectivity index (χ1n) is 5.59. The first kappa shape index (κ1) is 14.0. The Balaban J connectivity index is 2.43. The van der Waals surface area contributed by atoms with E-state index in [1.165, 1.54) is 12.1 Å². The standard InChI is InChI=1S/C14H12Cl2O3/c15-11-1-2-13(18)8(4-11)3-9-5-12(16)6-10(7-17)14(9)19/h1-2,4-6,17-19H,3,7H2. The summed E-state index contributed by atoms with van der Waals surface area (Å²) in [5, 5.41) is 29.8. The van der Waals surface area contributed by atoms with Gasteiger partial charge in [0.1, 0.15) is 11.5 Å². The Morgan fingerprint density at radius 3 is 2.16 bits per heavy atom. The van der Waals surface area contributed by atoms with Crippen LogP contribution in [0.4, 0.5) is 0 Å². The van der Waals surface area contributed by atoms with E-state index < -0.39 is 0 Å². The molecule has 0 unspecified atom stereocenters. The second kappa shape index (κ2) is 5.70. The van der Waals surface area contributed by atoms with Crippen LogP contribution in [0.15, 0.2) is 30.3 Å². The average molecular weight is 299 g/mol. The van der Waals surface area contributed by atoms with E-state index in [4.69, 9.17) is 28.3 Å². The third-order valence-electron chi connectivity index (χ3n) is 2.83. The number of aliphatic hydroxyl groups excluding tert-OH is 1. The Bertz CT molecular complexity index is 612. The van der Waals surface area contributed by atoms with E-state index in [9.17, 15) is 10.2 Å². The van der Waals surface area contributed by atoms with E-state index in [2.05, 4.69) is 0 Å². The van der Waals surface area contributed by atoms with Crippen molar-refractivity contribution in [2.24, 2.45) is 0 Å². The molecule has 0 bridgehead atoms. The van der Waals surface area contributed by atoms with Gasteiger partial charge in [-0.3, -0.25) is 0 Å². The average Bonchev–Trinajstić information content (AvgIpc) is 2.37. The molecule has 0 aliphatic rings. The lowest BCUT2D eigenvalue weighted by molar-refractivity contribution is 0.275. The quantitative estimate of drug-likeness (QED) is 0.813. The maximum Gasteiger partial charge on any atom is 0.124 e. The summed E-state index contributed by atoms with van der Waals surface area (Å²) in [7, 11) is 0. The van der Waals surface area contributed by atoms with Crippen molar-refractivity contribution >= 4 is 23.2 Å². The molecule has 2 aromatic rings. The summed E-state index contributed by atoms with van der Waals surface area (Å²) in [5.74, 6) is 0.0700. The predicted octanol–water partition coefficient (Wildman–Crippen LogP) is 3.49. The summed E-state index contributed by atoms with van der Waals surface area (Å²) in [4.78, 5) is 0. The molecule has 0 fully saturated rings. The first-order valence-corrected chi connectivity index (χ1v) is 6.35. The van der Waals surface area contributed by atoms with E-state index >= 15 is 0 Å². The fourth-order valence-electron chi connectivity index (χ4n) is 1.87. The van der Waals surface area contributed by atoms with Gasteiger partial charge in [0, 0.05) is 27.6 Å². The number of phenolic OH excluding ortho intramolecular Hbond substituents is 1. The zero-order valence-corrected chi connectivity index (χ0v) is 11.4. The van der Waals surface area contributed by atoms with Gasteiger partial charge in [0.25, 0.3) is 0 Å². The second-order valence-electron chi connectivity index (χ2n) is 4.18. The molecule has 3 N–H and O–H groups in total. The highest BCUT2D eigenvalue weighted by molar-refractivity contribution is 6.31. The largest absolute Gasteiger partial charge is 0.508 e. The van der Waals surface area contributed by atoms with E-state index in [-0.39, 0.29) is 24.5 Å². The molecule has 100 valence electrons. The third-order valence-corrected chi connectivity index (χ3v) is 3.28. The minimum Gasteiger partial charge on any atom is -0.508 e. The van der Waals surface area contributed by atoms with Gasteiger partial charge in [0.2, 0.25) is 0 Å². The Labute approximate surface area is 120 Å². The lowest BCUT2D eigenvalue weighted by Crippen LogP contribution is -1.94. The number of aromatic hydroxyl groups is 2. The van der Waals surface area contributed by atoms with Crippen LogP contribution in [-0.4, -0.2) is 15.3 Å². The first-order chi connectivity index (χ1) is 9.01. The fraction of sp³-hybridized carbons (Fsp3) is 0.143. The number of benzene rings is 2. The molecule has 0 aliphatic heterocycles. The second-order valence-corrected chi connectivity index (χ2v) is 5.05. The van der Waals surface area contributed by atoms with E-state index in [1.807, 2.05) is 0 Å². The van der Waals surface area contributed by atoms with Gasteiger partial charge < -0.3 is 15.3 Å². The highest BCUT2D eigenvalue weighted by Gasteiger charge is 2.12. The van der Waals surface area contributed by atoms with Crippen LogP contribution in [0.3, 0.4) is 0 Å². The molecular formula is C14H12Cl2O3. The van der Waals surface area contributed by atoms with E-state index in [1.54, 1.807) is 18.2 Å². The number of hydrogen-bond donors (Lipinski definition) is 3. The maximum absolute atomic E-state index is 10.0. The third kappa shape index (κ3) is 3.13. The molecule has 0 heterocycles. The zero-order valence-electron chi connectivity index (χ0n) is 9.90. The van der Waals surface area contributed by atoms with Crippen LogP contribution in [-0.2, 0) is 13.0 Å². The van der Waals surface area contributed by atoms with Crippen LogP contribution in [0, 0.1) is 0 Å². The van der Waals surface area contributed by atoms with Crippen LogP contribution in [0.1, 0.15) is 16.7 Å². The summed E-state index contributed by atoms with van der Waals surface area (Å²) in [6, 6.07) is 7.79. The fourth-order valence-corrected chi connectivity index (χ4v) is 2.33. The van der Waals surface area contributed by atoms with Gasteiger partial charge in [-0.25, -0.2) is 0 Å². The van der Waals surface area contributed by atoms with E-state index in [0.29, 0.717) is 26.7 Å². The summed E-state index contributed by atoms with van der Waals surface area (Å²) in [6.45, 7) is -0.305. The van der Waals surface area contributed by atoms with Gasteiger partial charge >= 0.3 is 0 Å². The molecule has 5 heteroatoms. The topological polar surface area (TPSA) is 60.7 Å². The predicted molar refractivity (Wildman–Crippen MR) is 75.0 cm³/mol. The van der Waals surface area contributed by atoms with Crippen molar-refractivity contribution in [1.82, 2.24) is 0 Å². The Hall–Kier alpha value is -1.42. The van der Waals surface area contributed by atoms with E-state index in [0.717, 1.165) is 0 Å². The number of phenols is 2. The molecule has 2 rings (SSSR count). The number of hydrogen-bond acceptors (Lipinski definition) is 3. The highest BCUT2D eigenvalue weighted by Crippen LogP contribution is 2.32. The van der Waals surface area contributed by atoms with Crippen LogP contribution >= 0.6 is 23.2 Å². The maximum atomic E-state index is 10.0. The Kier molecular flexibility index (Phi) is 4.20. The molecule has 0 saturated carbocycles. The van der Waals surface area contributed by atoms with Gasteiger partial charge in [0.15, 0.2) is 0 Å². The van der Waals surface area contributed by atoms with Crippen molar-refractivity contribution in [2.75, 3.05) is 0 Å². The number of aliphatic hydroxyl groups is 1. The molecular weight excluding hydrogens is 287 g/mol. The molecule has 0 spiro atoms. The Morgan fingerprint density at radius 2 is 1.47 bits per heavy atom. The molecule has 0 saturated heterocycles. The molecule has 0 amide bonds. The Morgan fingerprint density at radius 1 is 0.842 bits per heavy atom. The van der Waals surface area contributed by atoms with Gasteiger partial charge in [-0.1, -0.05) is 23.2 Å². The molecule has 3 nitrogen and oxygen atoms in total. The monoisotopic (exact) mass is 298 g/mol. The molecule has 19 heavy (non-hydrogen) atoms. The lowest BCUT2D eigenvalue weighted by Gasteiger charge is -2.11. The minimum absolute atomic E-state index is 0.0220. The van der Waals surface area contributed by atoms with Gasteiger partial charge in [-0.05, 0) is 35.9 Å². The molecule has 0 radical (unpaired) electrons. The van der Waals surface area contributed by atoms with Crippen molar-refractivity contribution < 1.29 is 15.3 Å². The molecule has 0 aromatic heterocycles. The van der Waals surface area contributed by atoms with Crippen molar-refractivity contribution in [3.05, 3.63) is 57.1 Å². The summed E-state index contributed by atoms with van der Waals surface area (Å²) < 4.78 is 0. The van der Waals surface area contributed by atoms with Crippen molar-refractivity contribution in [1.29, 1.82) is 0 Å². The van der Waals surface area contributed by atoms with Gasteiger partial charge in [-0.15, -0.1) is 0 Å². The smallest absolute Gasteiger partial charge is 0.124 e. The number of halogens is 2. The summed E-state index contributed by atoms with van der Waals surface area (Å²) in [5.41, 5.74) is 1.45.